The molecule has 0 radical (unpaired) electrons. The molecular formula is C23H29N3O6S. The molecule has 0 aromatic heterocycles. The van der Waals surface area contributed by atoms with Gasteiger partial charge in [0, 0.05) is 38.3 Å². The maximum absolute atomic E-state index is 12.5. The van der Waals surface area contributed by atoms with Crippen molar-refractivity contribution in [1.82, 2.24) is 14.5 Å². The third-order valence-corrected chi connectivity index (χ3v) is 6.87. The molecule has 1 unspecified atom stereocenters. The zero-order valence-electron chi connectivity index (χ0n) is 18.7. The van der Waals surface area contributed by atoms with E-state index in [0.29, 0.717) is 17.9 Å². The van der Waals surface area contributed by atoms with Crippen molar-refractivity contribution in [3.8, 4) is 5.75 Å². The smallest absolute Gasteiger partial charge is 0.322 e. The number of hydrogen-bond donors (Lipinski definition) is 2. The number of hydrogen-bond acceptors (Lipinski definition) is 6. The lowest BCUT2D eigenvalue weighted by atomic mass is 10.1. The second-order valence-electron chi connectivity index (χ2n) is 8.06. The fraction of sp³-hybridized carbons (Fsp3) is 0.391. The minimum absolute atomic E-state index is 0.0846. The SMILES string of the molecule is Cc1ccc(COc2ccc(C(=O)NCC(C(=O)O)N3CCN(S(C)(=O)=O)CC3)cc2)cc1. The quantitative estimate of drug-likeness (QED) is 0.562. The Kier molecular flexibility index (Phi) is 8.06. The Morgan fingerprint density at radius 1 is 1.03 bits per heavy atom. The standard InChI is InChI=1S/C23H29N3O6S/c1-17-3-5-18(6-4-17)16-32-20-9-7-19(8-10-20)22(27)24-15-21(23(28)29)25-11-13-26(14-12-25)33(2,30)31/h3-10,21H,11-16H2,1-2H3,(H,24,27)(H,28,29). The molecule has 2 aromatic rings. The summed E-state index contributed by atoms with van der Waals surface area (Å²) in [5.74, 6) is -0.830. The molecule has 1 saturated heterocycles. The molecule has 1 aliphatic heterocycles. The van der Waals surface area contributed by atoms with Crippen LogP contribution in [-0.4, -0.2) is 79.6 Å². The topological polar surface area (TPSA) is 116 Å². The molecule has 0 bridgehead atoms. The van der Waals surface area contributed by atoms with Gasteiger partial charge in [-0.25, -0.2) is 8.42 Å². The fourth-order valence-corrected chi connectivity index (χ4v) is 4.39. The van der Waals surface area contributed by atoms with Gasteiger partial charge in [0.2, 0.25) is 10.0 Å². The molecule has 10 heteroatoms. The number of carbonyl (C=O) groups is 2. The third-order valence-electron chi connectivity index (χ3n) is 5.57. The van der Waals surface area contributed by atoms with Crippen LogP contribution in [0, 0.1) is 6.92 Å². The molecule has 33 heavy (non-hydrogen) atoms. The molecule has 178 valence electrons. The van der Waals surface area contributed by atoms with E-state index < -0.39 is 22.0 Å². The van der Waals surface area contributed by atoms with Crippen LogP contribution in [0.15, 0.2) is 48.5 Å². The average Bonchev–Trinajstić information content (AvgIpc) is 2.78. The maximum Gasteiger partial charge on any atom is 0.322 e. The molecule has 2 aromatic carbocycles. The lowest BCUT2D eigenvalue weighted by Crippen LogP contribution is -2.56. The van der Waals surface area contributed by atoms with Crippen molar-refractivity contribution in [2.75, 3.05) is 39.0 Å². The summed E-state index contributed by atoms with van der Waals surface area (Å²) in [6, 6.07) is 13.7. The Hall–Kier alpha value is -2.95. The number of sulfonamides is 1. The number of carboxylic acids is 1. The van der Waals surface area contributed by atoms with Crippen LogP contribution in [0.3, 0.4) is 0 Å². The molecule has 1 amide bonds. The predicted octanol–water partition coefficient (Wildman–Crippen LogP) is 1.33. The van der Waals surface area contributed by atoms with Crippen molar-refractivity contribution >= 4 is 21.9 Å². The van der Waals surface area contributed by atoms with Crippen LogP contribution in [0.1, 0.15) is 21.5 Å². The number of ether oxygens (including phenoxy) is 1. The molecule has 9 nitrogen and oxygen atoms in total. The van der Waals surface area contributed by atoms with Crippen LogP contribution >= 0.6 is 0 Å². The number of amides is 1. The first kappa shape index (κ1) is 24.7. The molecule has 2 N–H and O–H groups in total. The van der Waals surface area contributed by atoms with E-state index >= 15 is 0 Å². The summed E-state index contributed by atoms with van der Waals surface area (Å²) in [6.07, 6.45) is 1.14. The number of aliphatic carboxylic acids is 1. The number of aryl methyl sites for hydroxylation is 1. The van der Waals surface area contributed by atoms with Crippen LogP contribution in [0.4, 0.5) is 0 Å². The first-order valence-electron chi connectivity index (χ1n) is 10.6. The average molecular weight is 476 g/mol. The van der Waals surface area contributed by atoms with Crippen molar-refractivity contribution in [2.24, 2.45) is 0 Å². The van der Waals surface area contributed by atoms with Gasteiger partial charge < -0.3 is 15.2 Å². The first-order valence-corrected chi connectivity index (χ1v) is 12.5. The number of carboxylic acid groups (broad SMARTS) is 1. The molecule has 3 rings (SSSR count). The van der Waals surface area contributed by atoms with Crippen molar-refractivity contribution in [1.29, 1.82) is 0 Å². The van der Waals surface area contributed by atoms with Gasteiger partial charge in [0.15, 0.2) is 0 Å². The van der Waals surface area contributed by atoms with E-state index in [1.165, 1.54) is 9.87 Å². The molecule has 0 aliphatic carbocycles. The Bertz CT molecular complexity index is 1060. The normalized spacial score (nSPS) is 16.2. The second-order valence-corrected chi connectivity index (χ2v) is 10.0. The third kappa shape index (κ3) is 7.01. The summed E-state index contributed by atoms with van der Waals surface area (Å²) in [6.45, 7) is 3.37. The van der Waals surface area contributed by atoms with E-state index in [9.17, 15) is 23.1 Å². The van der Waals surface area contributed by atoms with Crippen LogP contribution in [0.2, 0.25) is 0 Å². The lowest BCUT2D eigenvalue weighted by molar-refractivity contribution is -0.143. The van der Waals surface area contributed by atoms with Gasteiger partial charge in [-0.05, 0) is 36.8 Å². The van der Waals surface area contributed by atoms with Gasteiger partial charge in [-0.15, -0.1) is 0 Å². The Morgan fingerprint density at radius 2 is 1.64 bits per heavy atom. The van der Waals surface area contributed by atoms with E-state index in [1.807, 2.05) is 31.2 Å². The van der Waals surface area contributed by atoms with E-state index in [4.69, 9.17) is 4.74 Å². The second kappa shape index (κ2) is 10.8. The van der Waals surface area contributed by atoms with Crippen molar-refractivity contribution in [2.45, 2.75) is 19.6 Å². The van der Waals surface area contributed by atoms with Crippen LogP contribution in [-0.2, 0) is 21.4 Å². The summed E-state index contributed by atoms with van der Waals surface area (Å²) in [5, 5.41) is 12.3. The van der Waals surface area contributed by atoms with Gasteiger partial charge in [0.1, 0.15) is 18.4 Å². The van der Waals surface area contributed by atoms with Gasteiger partial charge in [-0.1, -0.05) is 29.8 Å². The Balaban J connectivity index is 1.51. The van der Waals surface area contributed by atoms with Crippen molar-refractivity contribution < 1.29 is 27.9 Å². The minimum Gasteiger partial charge on any atom is -0.489 e. The van der Waals surface area contributed by atoms with Crippen LogP contribution < -0.4 is 10.1 Å². The molecule has 0 saturated carbocycles. The summed E-state index contributed by atoms with van der Waals surface area (Å²) >= 11 is 0. The van der Waals surface area contributed by atoms with Crippen molar-refractivity contribution in [3.63, 3.8) is 0 Å². The highest BCUT2D eigenvalue weighted by molar-refractivity contribution is 7.88. The fourth-order valence-electron chi connectivity index (χ4n) is 3.56. The van der Waals surface area contributed by atoms with Gasteiger partial charge in [-0.3, -0.25) is 14.5 Å². The zero-order chi connectivity index (χ0) is 24.0. The van der Waals surface area contributed by atoms with E-state index in [-0.39, 0.29) is 38.6 Å². The van der Waals surface area contributed by atoms with Crippen LogP contribution in [0.25, 0.3) is 0 Å². The van der Waals surface area contributed by atoms with Crippen LogP contribution in [0.5, 0.6) is 5.75 Å². The number of benzene rings is 2. The van der Waals surface area contributed by atoms with Gasteiger partial charge in [0.25, 0.3) is 5.91 Å². The lowest BCUT2D eigenvalue weighted by Gasteiger charge is -2.36. The zero-order valence-corrected chi connectivity index (χ0v) is 19.5. The maximum atomic E-state index is 12.5. The number of nitrogens with zero attached hydrogens (tertiary/aromatic N) is 2. The number of rotatable bonds is 9. The highest BCUT2D eigenvalue weighted by atomic mass is 32.2. The summed E-state index contributed by atoms with van der Waals surface area (Å²) in [4.78, 5) is 25.9. The van der Waals surface area contributed by atoms with Gasteiger partial charge in [0.05, 0.1) is 6.26 Å². The van der Waals surface area contributed by atoms with E-state index in [1.54, 1.807) is 29.2 Å². The highest BCUT2D eigenvalue weighted by Gasteiger charge is 2.31. The Labute approximate surface area is 194 Å². The molecule has 1 atom stereocenters. The summed E-state index contributed by atoms with van der Waals surface area (Å²) in [5.41, 5.74) is 2.61. The van der Waals surface area contributed by atoms with E-state index in [2.05, 4.69) is 5.32 Å². The van der Waals surface area contributed by atoms with E-state index in [0.717, 1.165) is 11.8 Å². The van der Waals surface area contributed by atoms with Gasteiger partial charge >= 0.3 is 5.97 Å². The molecule has 0 spiro atoms. The molecule has 1 aliphatic rings. The molecule has 1 heterocycles. The summed E-state index contributed by atoms with van der Waals surface area (Å²) in [7, 11) is -3.30. The monoisotopic (exact) mass is 475 g/mol. The molecular weight excluding hydrogens is 446 g/mol. The minimum atomic E-state index is -3.30. The Morgan fingerprint density at radius 3 is 2.18 bits per heavy atom. The highest BCUT2D eigenvalue weighted by Crippen LogP contribution is 2.15. The first-order chi connectivity index (χ1) is 15.6. The summed E-state index contributed by atoms with van der Waals surface area (Å²) < 4.78 is 30.4. The molecule has 1 fully saturated rings. The number of nitrogens with one attached hydrogen (secondary N) is 1. The largest absolute Gasteiger partial charge is 0.489 e. The van der Waals surface area contributed by atoms with Gasteiger partial charge in [-0.2, -0.15) is 4.31 Å². The number of carbonyl (C=O) groups excluding carboxylic acids is 1. The predicted molar refractivity (Wildman–Crippen MR) is 124 cm³/mol. The number of piperazine rings is 1. The van der Waals surface area contributed by atoms with Crippen molar-refractivity contribution in [3.05, 3.63) is 65.2 Å².